The van der Waals surface area contributed by atoms with E-state index in [1.165, 1.54) is 14.2 Å². The molecule has 3 aromatic rings. The van der Waals surface area contributed by atoms with Gasteiger partial charge in [0.25, 0.3) is 5.89 Å². The van der Waals surface area contributed by atoms with Crippen LogP contribution in [0.1, 0.15) is 16.2 Å². The highest BCUT2D eigenvalue weighted by Gasteiger charge is 2.19. The van der Waals surface area contributed by atoms with Crippen molar-refractivity contribution in [1.29, 1.82) is 0 Å². The SMILES string of the molecule is COc1cccc(C(=O)OCc2nnc(-c3ccc(Cl)cc3)o2)c1OC. The Labute approximate surface area is 154 Å². The molecule has 1 aromatic heterocycles. The van der Waals surface area contributed by atoms with Gasteiger partial charge < -0.3 is 18.6 Å². The Kier molecular flexibility index (Phi) is 5.38. The van der Waals surface area contributed by atoms with Crippen LogP contribution in [0.15, 0.2) is 46.9 Å². The van der Waals surface area contributed by atoms with Gasteiger partial charge in [0.15, 0.2) is 18.1 Å². The third-order valence-corrected chi connectivity index (χ3v) is 3.76. The van der Waals surface area contributed by atoms with Gasteiger partial charge in [-0.2, -0.15) is 0 Å². The second kappa shape index (κ2) is 7.88. The summed E-state index contributed by atoms with van der Waals surface area (Å²) in [5, 5.41) is 8.41. The summed E-state index contributed by atoms with van der Waals surface area (Å²) in [6.45, 7) is -0.167. The summed E-state index contributed by atoms with van der Waals surface area (Å²) < 4.78 is 21.1. The molecule has 0 unspecified atom stereocenters. The standard InChI is InChI=1S/C18H15ClN2O5/c1-23-14-5-3-4-13(16(14)24-2)18(22)25-10-15-20-21-17(26-15)11-6-8-12(19)9-7-11/h3-9H,10H2,1-2H3. The zero-order valence-electron chi connectivity index (χ0n) is 14.1. The number of benzene rings is 2. The fraction of sp³-hybridized carbons (Fsp3) is 0.167. The molecule has 0 amide bonds. The van der Waals surface area contributed by atoms with E-state index in [1.807, 2.05) is 0 Å². The van der Waals surface area contributed by atoms with E-state index in [-0.39, 0.29) is 18.1 Å². The Morgan fingerprint density at radius 3 is 2.54 bits per heavy atom. The summed E-state index contributed by atoms with van der Waals surface area (Å²) in [6.07, 6.45) is 0. The predicted octanol–water partition coefficient (Wildman–Crippen LogP) is 3.76. The largest absolute Gasteiger partial charge is 0.493 e. The highest BCUT2D eigenvalue weighted by atomic mass is 35.5. The van der Waals surface area contributed by atoms with Gasteiger partial charge in [0, 0.05) is 10.6 Å². The molecule has 0 saturated carbocycles. The molecule has 26 heavy (non-hydrogen) atoms. The van der Waals surface area contributed by atoms with E-state index in [1.54, 1.807) is 42.5 Å². The molecular weight excluding hydrogens is 360 g/mol. The number of esters is 1. The molecule has 8 heteroatoms. The van der Waals surface area contributed by atoms with E-state index in [4.69, 9.17) is 30.2 Å². The number of nitrogens with zero attached hydrogens (tertiary/aromatic N) is 2. The van der Waals surface area contributed by atoms with E-state index < -0.39 is 5.97 Å². The number of methoxy groups -OCH3 is 2. The van der Waals surface area contributed by atoms with E-state index >= 15 is 0 Å². The molecule has 1 heterocycles. The Morgan fingerprint density at radius 1 is 1.08 bits per heavy atom. The number of hydrogen-bond acceptors (Lipinski definition) is 7. The lowest BCUT2D eigenvalue weighted by atomic mass is 10.2. The minimum Gasteiger partial charge on any atom is -0.493 e. The van der Waals surface area contributed by atoms with Crippen molar-refractivity contribution in [3.8, 4) is 23.0 Å². The molecule has 0 N–H and O–H groups in total. The summed E-state index contributed by atoms with van der Waals surface area (Å²) in [6, 6.07) is 11.9. The topological polar surface area (TPSA) is 83.7 Å². The lowest BCUT2D eigenvalue weighted by Gasteiger charge is -2.11. The Hall–Kier alpha value is -3.06. The molecule has 0 atom stereocenters. The summed E-state index contributed by atoms with van der Waals surface area (Å²) in [5.74, 6) is 0.626. The molecule has 0 aliphatic carbocycles. The van der Waals surface area contributed by atoms with Crippen molar-refractivity contribution in [2.24, 2.45) is 0 Å². The van der Waals surface area contributed by atoms with Crippen LogP contribution in [0.25, 0.3) is 11.5 Å². The van der Waals surface area contributed by atoms with Gasteiger partial charge in [-0.1, -0.05) is 17.7 Å². The predicted molar refractivity (Wildman–Crippen MR) is 93.4 cm³/mol. The van der Waals surface area contributed by atoms with Gasteiger partial charge in [-0.25, -0.2) is 4.79 Å². The number of carbonyl (C=O) groups is 1. The van der Waals surface area contributed by atoms with E-state index in [9.17, 15) is 4.79 Å². The molecule has 2 aromatic carbocycles. The van der Waals surface area contributed by atoms with Crippen molar-refractivity contribution >= 4 is 17.6 Å². The van der Waals surface area contributed by atoms with Crippen molar-refractivity contribution in [2.45, 2.75) is 6.61 Å². The average molecular weight is 375 g/mol. The number of hydrogen-bond donors (Lipinski definition) is 0. The first kappa shape index (κ1) is 17.8. The second-order valence-electron chi connectivity index (χ2n) is 5.13. The van der Waals surface area contributed by atoms with E-state index in [0.29, 0.717) is 28.0 Å². The summed E-state index contributed by atoms with van der Waals surface area (Å²) in [7, 11) is 2.94. The maximum atomic E-state index is 12.3. The van der Waals surface area contributed by atoms with Crippen molar-refractivity contribution < 1.29 is 23.4 Å². The maximum Gasteiger partial charge on any atom is 0.342 e. The van der Waals surface area contributed by atoms with E-state index in [0.717, 1.165) is 0 Å². The molecule has 0 fully saturated rings. The molecule has 0 radical (unpaired) electrons. The smallest absolute Gasteiger partial charge is 0.342 e. The minimum atomic E-state index is -0.591. The lowest BCUT2D eigenvalue weighted by Crippen LogP contribution is -2.08. The van der Waals surface area contributed by atoms with Gasteiger partial charge >= 0.3 is 5.97 Å². The van der Waals surface area contributed by atoms with Crippen LogP contribution in [0.3, 0.4) is 0 Å². The van der Waals surface area contributed by atoms with Crippen molar-refractivity contribution in [3.05, 3.63) is 58.9 Å². The van der Waals surface area contributed by atoms with Crippen LogP contribution in [0.5, 0.6) is 11.5 Å². The van der Waals surface area contributed by atoms with Gasteiger partial charge in [0.1, 0.15) is 5.56 Å². The zero-order valence-corrected chi connectivity index (χ0v) is 14.8. The minimum absolute atomic E-state index is 0.167. The fourth-order valence-corrected chi connectivity index (χ4v) is 2.40. The molecule has 7 nitrogen and oxygen atoms in total. The summed E-state index contributed by atoms with van der Waals surface area (Å²) >= 11 is 5.85. The Balaban J connectivity index is 1.70. The third kappa shape index (κ3) is 3.78. The summed E-state index contributed by atoms with van der Waals surface area (Å²) in [5.41, 5.74) is 0.957. The van der Waals surface area contributed by atoms with Crippen LogP contribution in [0, 0.1) is 0 Å². The van der Waals surface area contributed by atoms with Crippen molar-refractivity contribution in [1.82, 2.24) is 10.2 Å². The first-order valence-electron chi connectivity index (χ1n) is 7.59. The van der Waals surface area contributed by atoms with Crippen LogP contribution in [0.2, 0.25) is 5.02 Å². The molecule has 0 aliphatic rings. The number of halogens is 1. The number of rotatable bonds is 6. The average Bonchev–Trinajstić information content (AvgIpc) is 3.14. The number of para-hydroxylation sites is 1. The fourth-order valence-electron chi connectivity index (χ4n) is 2.27. The van der Waals surface area contributed by atoms with Crippen molar-refractivity contribution in [3.63, 3.8) is 0 Å². The molecule has 0 bridgehead atoms. The quantitative estimate of drug-likeness (QED) is 0.607. The first-order valence-corrected chi connectivity index (χ1v) is 7.96. The highest BCUT2D eigenvalue weighted by Crippen LogP contribution is 2.31. The Morgan fingerprint density at radius 2 is 1.85 bits per heavy atom. The van der Waals surface area contributed by atoms with Gasteiger partial charge in [0.05, 0.1) is 14.2 Å². The molecule has 0 aliphatic heterocycles. The van der Waals surface area contributed by atoms with Gasteiger partial charge in [-0.05, 0) is 36.4 Å². The normalized spacial score (nSPS) is 10.4. The molecule has 0 saturated heterocycles. The van der Waals surface area contributed by atoms with Crippen LogP contribution in [-0.4, -0.2) is 30.4 Å². The number of carbonyl (C=O) groups excluding carboxylic acids is 1. The molecule has 0 spiro atoms. The van der Waals surface area contributed by atoms with Crippen LogP contribution < -0.4 is 9.47 Å². The van der Waals surface area contributed by atoms with Crippen LogP contribution >= 0.6 is 11.6 Å². The summed E-state index contributed by atoms with van der Waals surface area (Å²) in [4.78, 5) is 12.3. The first-order chi connectivity index (χ1) is 12.6. The zero-order chi connectivity index (χ0) is 18.5. The second-order valence-corrected chi connectivity index (χ2v) is 5.56. The molecule has 3 rings (SSSR count). The van der Waals surface area contributed by atoms with Gasteiger partial charge in [0.2, 0.25) is 5.89 Å². The highest BCUT2D eigenvalue weighted by molar-refractivity contribution is 6.30. The van der Waals surface area contributed by atoms with Gasteiger partial charge in [-0.3, -0.25) is 0 Å². The number of aromatic nitrogens is 2. The third-order valence-electron chi connectivity index (χ3n) is 3.51. The van der Waals surface area contributed by atoms with Crippen molar-refractivity contribution in [2.75, 3.05) is 14.2 Å². The number of ether oxygens (including phenoxy) is 3. The maximum absolute atomic E-state index is 12.3. The molecular formula is C18H15ClN2O5. The van der Waals surface area contributed by atoms with Crippen LogP contribution in [-0.2, 0) is 11.3 Å². The van der Waals surface area contributed by atoms with E-state index in [2.05, 4.69) is 10.2 Å². The van der Waals surface area contributed by atoms with Gasteiger partial charge in [-0.15, -0.1) is 10.2 Å². The monoisotopic (exact) mass is 374 g/mol. The Bertz CT molecular complexity index is 908. The van der Waals surface area contributed by atoms with Crippen LogP contribution in [0.4, 0.5) is 0 Å². The molecule has 134 valence electrons. The lowest BCUT2D eigenvalue weighted by molar-refractivity contribution is 0.0434.